The highest BCUT2D eigenvalue weighted by atomic mass is 28.1. The molecule has 0 heterocycles. The average Bonchev–Trinajstić information content (AvgIpc) is 2.63. The second-order valence-corrected chi connectivity index (χ2v) is 7.04. The topological polar surface area (TPSA) is 0 Å². The maximum Gasteiger partial charge on any atom is 0.0911 e. The van der Waals surface area contributed by atoms with E-state index in [9.17, 15) is 0 Å². The van der Waals surface area contributed by atoms with Crippen LogP contribution in [0.1, 0.15) is 5.56 Å². The van der Waals surface area contributed by atoms with Crippen LogP contribution in [-0.2, 0) is 0 Å². The fourth-order valence-electron chi connectivity index (χ4n) is 3.67. The minimum absolute atomic E-state index is 0.913. The summed E-state index contributed by atoms with van der Waals surface area (Å²) < 4.78 is 0. The molecule has 5 rings (SSSR count). The lowest BCUT2D eigenvalue weighted by molar-refractivity contribution is 1.72. The Balaban J connectivity index is 1.83. The quantitative estimate of drug-likeness (QED) is 0.213. The summed E-state index contributed by atoms with van der Waals surface area (Å²) in [5.41, 5.74) is 4.22. The molecule has 0 bridgehead atoms. The summed E-state index contributed by atoms with van der Waals surface area (Å²) in [6, 6.07) is 28.8. The van der Waals surface area contributed by atoms with E-state index in [2.05, 4.69) is 90.3 Å². The van der Waals surface area contributed by atoms with E-state index in [-0.39, 0.29) is 0 Å². The van der Waals surface area contributed by atoms with Gasteiger partial charge in [0.05, 0.1) is 10.2 Å². The van der Waals surface area contributed by atoms with Crippen LogP contribution in [0.5, 0.6) is 0 Å². The van der Waals surface area contributed by atoms with Crippen molar-refractivity contribution in [3.8, 4) is 11.5 Å². The SMILES string of the molecule is [SiH3]C#Cc1ccc2cc3cc4cc5ccccc5cc4cc3cc2c1. The van der Waals surface area contributed by atoms with Crippen LogP contribution in [-0.4, -0.2) is 10.2 Å². The van der Waals surface area contributed by atoms with Crippen LogP contribution in [0, 0.1) is 11.5 Å². The lowest BCUT2D eigenvalue weighted by Crippen LogP contribution is -1.82. The molecular formula is C24H16Si. The van der Waals surface area contributed by atoms with Gasteiger partial charge >= 0.3 is 0 Å². The molecule has 0 aliphatic rings. The molecule has 0 saturated carbocycles. The zero-order chi connectivity index (χ0) is 16.8. The van der Waals surface area contributed by atoms with E-state index in [1.54, 1.807) is 0 Å². The van der Waals surface area contributed by atoms with Crippen molar-refractivity contribution < 1.29 is 0 Å². The van der Waals surface area contributed by atoms with Crippen molar-refractivity contribution in [2.75, 3.05) is 0 Å². The number of hydrogen-bond acceptors (Lipinski definition) is 0. The molecule has 0 atom stereocenters. The van der Waals surface area contributed by atoms with Gasteiger partial charge < -0.3 is 0 Å². The van der Waals surface area contributed by atoms with E-state index in [0.29, 0.717) is 0 Å². The second-order valence-electron chi connectivity index (χ2n) is 6.54. The Hall–Kier alpha value is -3.08. The first-order valence-electron chi connectivity index (χ1n) is 8.53. The first kappa shape index (κ1) is 14.3. The van der Waals surface area contributed by atoms with Crippen molar-refractivity contribution in [1.82, 2.24) is 0 Å². The Morgan fingerprint density at radius 1 is 0.480 bits per heavy atom. The van der Waals surface area contributed by atoms with Crippen molar-refractivity contribution in [3.63, 3.8) is 0 Å². The number of hydrogen-bond donors (Lipinski definition) is 0. The van der Waals surface area contributed by atoms with E-state index >= 15 is 0 Å². The Kier molecular flexibility index (Phi) is 3.13. The predicted octanol–water partition coefficient (Wildman–Crippen LogP) is 4.97. The molecule has 0 fully saturated rings. The fraction of sp³-hybridized carbons (Fsp3) is 0. The molecule has 0 saturated heterocycles. The molecular weight excluding hydrogens is 316 g/mol. The van der Waals surface area contributed by atoms with E-state index in [1.165, 1.54) is 43.1 Å². The molecule has 0 spiro atoms. The summed E-state index contributed by atoms with van der Waals surface area (Å²) in [5, 5.41) is 10.3. The van der Waals surface area contributed by atoms with Gasteiger partial charge in [-0.15, -0.1) is 5.54 Å². The zero-order valence-electron chi connectivity index (χ0n) is 14.0. The third kappa shape index (κ3) is 2.39. The first-order valence-corrected chi connectivity index (χ1v) is 9.53. The van der Waals surface area contributed by atoms with Crippen LogP contribution in [0.25, 0.3) is 43.1 Å². The molecule has 0 aliphatic heterocycles. The number of benzene rings is 5. The molecule has 0 N–H and O–H groups in total. The largest absolute Gasteiger partial charge is 0.138 e. The molecule has 0 amide bonds. The van der Waals surface area contributed by atoms with Gasteiger partial charge in [-0.2, -0.15) is 0 Å². The van der Waals surface area contributed by atoms with Crippen LogP contribution in [0.4, 0.5) is 0 Å². The van der Waals surface area contributed by atoms with Crippen molar-refractivity contribution in [3.05, 3.63) is 84.4 Å². The van der Waals surface area contributed by atoms with Crippen LogP contribution in [0.3, 0.4) is 0 Å². The van der Waals surface area contributed by atoms with Crippen molar-refractivity contribution in [1.29, 1.82) is 0 Å². The molecule has 0 unspecified atom stereocenters. The van der Waals surface area contributed by atoms with Gasteiger partial charge in [0.25, 0.3) is 0 Å². The van der Waals surface area contributed by atoms with E-state index in [4.69, 9.17) is 0 Å². The summed E-state index contributed by atoms with van der Waals surface area (Å²) in [6.07, 6.45) is 0. The van der Waals surface area contributed by atoms with Gasteiger partial charge in [-0.05, 0) is 91.6 Å². The van der Waals surface area contributed by atoms with E-state index in [0.717, 1.165) is 15.8 Å². The van der Waals surface area contributed by atoms with Crippen molar-refractivity contribution in [2.45, 2.75) is 0 Å². The lowest BCUT2D eigenvalue weighted by atomic mass is 9.97. The average molecular weight is 332 g/mol. The minimum atomic E-state index is 0.913. The van der Waals surface area contributed by atoms with Gasteiger partial charge in [0.15, 0.2) is 0 Å². The standard InChI is InChI=1S/C24H16Si/c25-8-7-16-5-6-19-12-23-14-21-10-17-3-1-2-4-18(17)11-22(21)15-24(23)13-20(19)9-16/h1-6,9-15H,25H3. The monoisotopic (exact) mass is 332 g/mol. The first-order chi connectivity index (χ1) is 12.3. The minimum Gasteiger partial charge on any atom is -0.138 e. The summed E-state index contributed by atoms with van der Waals surface area (Å²) in [7, 11) is 0.913. The predicted molar refractivity (Wildman–Crippen MR) is 113 cm³/mol. The Morgan fingerprint density at radius 3 is 1.44 bits per heavy atom. The molecule has 1 heteroatoms. The molecule has 0 aliphatic carbocycles. The van der Waals surface area contributed by atoms with Crippen LogP contribution in [0.15, 0.2) is 78.9 Å². The third-order valence-corrected chi connectivity index (χ3v) is 5.13. The van der Waals surface area contributed by atoms with Gasteiger partial charge in [0.1, 0.15) is 0 Å². The lowest BCUT2D eigenvalue weighted by Gasteiger charge is -2.07. The zero-order valence-corrected chi connectivity index (χ0v) is 16.0. The molecule has 5 aromatic carbocycles. The van der Waals surface area contributed by atoms with E-state index in [1.807, 2.05) is 0 Å². The smallest absolute Gasteiger partial charge is 0.0911 e. The second kappa shape index (κ2) is 5.48. The fourth-order valence-corrected chi connectivity index (χ4v) is 3.95. The molecule has 25 heavy (non-hydrogen) atoms. The van der Waals surface area contributed by atoms with Gasteiger partial charge in [0, 0.05) is 5.56 Å². The van der Waals surface area contributed by atoms with Gasteiger partial charge in [0.2, 0.25) is 0 Å². The Morgan fingerprint density at radius 2 is 0.920 bits per heavy atom. The van der Waals surface area contributed by atoms with Gasteiger partial charge in [-0.1, -0.05) is 36.3 Å². The van der Waals surface area contributed by atoms with Crippen LogP contribution in [0.2, 0.25) is 0 Å². The molecule has 116 valence electrons. The van der Waals surface area contributed by atoms with E-state index < -0.39 is 0 Å². The molecule has 0 nitrogen and oxygen atoms in total. The maximum absolute atomic E-state index is 3.21. The Labute approximate surface area is 149 Å². The molecule has 0 radical (unpaired) electrons. The van der Waals surface area contributed by atoms with Gasteiger partial charge in [-0.3, -0.25) is 0 Å². The summed E-state index contributed by atoms with van der Waals surface area (Å²) in [6.45, 7) is 0. The third-order valence-electron chi connectivity index (χ3n) is 4.88. The van der Waals surface area contributed by atoms with Crippen molar-refractivity contribution >= 4 is 53.3 Å². The summed E-state index contributed by atoms with van der Waals surface area (Å²) in [4.78, 5) is 0. The van der Waals surface area contributed by atoms with Crippen LogP contribution < -0.4 is 0 Å². The highest BCUT2D eigenvalue weighted by Gasteiger charge is 2.03. The summed E-state index contributed by atoms with van der Waals surface area (Å²) in [5.74, 6) is 3.21. The molecule has 5 aromatic rings. The highest BCUT2D eigenvalue weighted by Crippen LogP contribution is 2.30. The number of fused-ring (bicyclic) bond motifs is 4. The van der Waals surface area contributed by atoms with Crippen molar-refractivity contribution in [2.24, 2.45) is 0 Å². The highest BCUT2D eigenvalue weighted by molar-refractivity contribution is 6.22. The van der Waals surface area contributed by atoms with Crippen LogP contribution >= 0.6 is 0 Å². The number of rotatable bonds is 0. The van der Waals surface area contributed by atoms with Gasteiger partial charge in [-0.25, -0.2) is 0 Å². The Bertz CT molecular complexity index is 1350. The summed E-state index contributed by atoms with van der Waals surface area (Å²) >= 11 is 0. The molecule has 0 aromatic heterocycles. The normalized spacial score (nSPS) is 11.2. The maximum atomic E-state index is 3.21.